The van der Waals surface area contributed by atoms with Crippen molar-refractivity contribution in [3.63, 3.8) is 0 Å². The fourth-order valence-electron chi connectivity index (χ4n) is 3.48. The van der Waals surface area contributed by atoms with E-state index in [9.17, 15) is 9.79 Å². The van der Waals surface area contributed by atoms with Crippen LogP contribution in [0.1, 0.15) is 68.9 Å². The van der Waals surface area contributed by atoms with Gasteiger partial charge in [0.05, 0.1) is 0 Å². The zero-order valence-electron chi connectivity index (χ0n) is 15.9. The summed E-state index contributed by atoms with van der Waals surface area (Å²) in [6.07, 6.45) is 8.32. The predicted octanol–water partition coefficient (Wildman–Crippen LogP) is 7.04. The van der Waals surface area contributed by atoms with E-state index in [2.05, 4.69) is 41.6 Å². The van der Waals surface area contributed by atoms with Crippen molar-refractivity contribution in [1.82, 2.24) is 0 Å². The van der Waals surface area contributed by atoms with Crippen LogP contribution in [0.2, 0.25) is 0 Å². The number of hydrogen-bond acceptors (Lipinski definition) is 3. The quantitative estimate of drug-likeness (QED) is 0.142. The van der Waals surface area contributed by atoms with Crippen molar-refractivity contribution in [2.75, 3.05) is 0 Å². The third-order valence-corrected chi connectivity index (χ3v) is 7.27. The van der Waals surface area contributed by atoms with E-state index in [1.807, 2.05) is 48.5 Å². The van der Waals surface area contributed by atoms with E-state index < -0.39 is 12.2 Å². The zero-order chi connectivity index (χ0) is 19.5. The van der Waals surface area contributed by atoms with E-state index in [1.54, 1.807) is 0 Å². The molecule has 0 fully saturated rings. The van der Waals surface area contributed by atoms with Gasteiger partial charge in [0.25, 0.3) is 0 Å². The lowest BCUT2D eigenvalue weighted by Gasteiger charge is -2.36. The molecule has 2 aromatic carbocycles. The Morgan fingerprint density at radius 2 is 1.44 bits per heavy atom. The van der Waals surface area contributed by atoms with Crippen LogP contribution in [0.4, 0.5) is 0 Å². The van der Waals surface area contributed by atoms with Gasteiger partial charge in [-0.25, -0.2) is 0 Å². The normalized spacial score (nSPS) is 14.9. The first kappa shape index (κ1) is 22.8. The summed E-state index contributed by atoms with van der Waals surface area (Å²) in [4.78, 5) is 19.4. The number of benzene rings is 2. The summed E-state index contributed by atoms with van der Waals surface area (Å²) in [6.45, 7) is 2.23. The van der Waals surface area contributed by atoms with E-state index in [-0.39, 0.29) is 5.92 Å². The second-order valence-electron chi connectivity index (χ2n) is 6.87. The Kier molecular flexibility index (Phi) is 10.2. The summed E-state index contributed by atoms with van der Waals surface area (Å²) in [5.41, 5.74) is 2.13. The lowest BCUT2D eigenvalue weighted by Crippen LogP contribution is -2.29. The fraction of sp³-hybridized carbons (Fsp3) is 0.455. The van der Waals surface area contributed by atoms with Crippen LogP contribution in [0.3, 0.4) is 0 Å². The van der Waals surface area contributed by atoms with Crippen molar-refractivity contribution >= 4 is 31.2 Å². The first-order valence-electron chi connectivity index (χ1n) is 9.74. The van der Waals surface area contributed by atoms with Crippen LogP contribution in [-0.4, -0.2) is 9.79 Å². The van der Waals surface area contributed by atoms with Crippen LogP contribution >= 0.6 is 31.2 Å². The SMILES string of the molecule is CCCCCCCCC(c1ccccc1)C(I)(OP(O)O)c1ccccc1. The maximum absolute atomic E-state index is 9.71. The molecule has 27 heavy (non-hydrogen) atoms. The Labute approximate surface area is 178 Å². The first-order valence-corrected chi connectivity index (χ1v) is 12.0. The van der Waals surface area contributed by atoms with Crippen molar-refractivity contribution in [2.24, 2.45) is 0 Å². The average Bonchev–Trinajstić information content (AvgIpc) is 2.68. The summed E-state index contributed by atoms with van der Waals surface area (Å²) in [6, 6.07) is 20.2. The van der Waals surface area contributed by atoms with Gasteiger partial charge < -0.3 is 9.79 Å². The number of rotatable bonds is 12. The molecule has 0 amide bonds. The Morgan fingerprint density at radius 3 is 2.04 bits per heavy atom. The highest BCUT2D eigenvalue weighted by Crippen LogP contribution is 2.54. The Bertz CT molecular complexity index is 639. The first-order chi connectivity index (χ1) is 13.1. The van der Waals surface area contributed by atoms with Gasteiger partial charge in [-0.05, 0) is 40.1 Å². The van der Waals surface area contributed by atoms with Crippen molar-refractivity contribution < 1.29 is 14.3 Å². The smallest absolute Gasteiger partial charge is 0.328 e. The van der Waals surface area contributed by atoms with Gasteiger partial charge in [-0.15, -0.1) is 0 Å². The second kappa shape index (κ2) is 12.1. The van der Waals surface area contributed by atoms with Gasteiger partial charge in [0.15, 0.2) is 3.61 Å². The molecule has 148 valence electrons. The minimum Gasteiger partial charge on any atom is -0.328 e. The third-order valence-electron chi connectivity index (χ3n) is 4.88. The van der Waals surface area contributed by atoms with Gasteiger partial charge >= 0.3 is 8.60 Å². The van der Waals surface area contributed by atoms with Crippen LogP contribution in [0.5, 0.6) is 0 Å². The number of hydrogen-bond donors (Lipinski definition) is 2. The van der Waals surface area contributed by atoms with Crippen LogP contribution in [0, 0.1) is 0 Å². The molecule has 0 aromatic heterocycles. The van der Waals surface area contributed by atoms with Crippen LogP contribution < -0.4 is 0 Å². The molecule has 0 aliphatic heterocycles. The molecular weight excluding hydrogens is 470 g/mol. The van der Waals surface area contributed by atoms with E-state index in [4.69, 9.17) is 4.52 Å². The highest BCUT2D eigenvalue weighted by atomic mass is 127. The Morgan fingerprint density at radius 1 is 0.889 bits per heavy atom. The molecule has 5 heteroatoms. The lowest BCUT2D eigenvalue weighted by atomic mass is 9.85. The molecule has 2 atom stereocenters. The van der Waals surface area contributed by atoms with Gasteiger partial charge in [-0.2, -0.15) is 0 Å². The minimum absolute atomic E-state index is 0.0391. The van der Waals surface area contributed by atoms with Gasteiger partial charge in [0, 0.05) is 5.92 Å². The molecule has 2 unspecified atom stereocenters. The van der Waals surface area contributed by atoms with Crippen molar-refractivity contribution in [3.8, 4) is 0 Å². The molecule has 3 nitrogen and oxygen atoms in total. The highest BCUT2D eigenvalue weighted by Gasteiger charge is 2.42. The molecule has 0 aliphatic rings. The summed E-state index contributed by atoms with van der Waals surface area (Å²) < 4.78 is 4.98. The Balaban J connectivity index is 2.25. The standard InChI is InChI=1S/C22H30IO3P/c1-2-3-4-5-6-13-18-21(19-14-9-7-10-15-19)22(23,26-27(24)25)20-16-11-8-12-17-20/h7-12,14-17,21,24-25H,2-6,13,18H2,1H3. The van der Waals surface area contributed by atoms with Crippen LogP contribution in [-0.2, 0) is 8.13 Å². The molecule has 0 saturated carbocycles. The number of alkyl halides is 1. The summed E-state index contributed by atoms with van der Waals surface area (Å²) in [7, 11) is -2.47. The maximum atomic E-state index is 9.71. The summed E-state index contributed by atoms with van der Waals surface area (Å²) in [5.74, 6) is 0.0391. The average molecular weight is 500 g/mol. The Hall–Kier alpha value is -0.520. The molecule has 2 aromatic rings. The lowest BCUT2D eigenvalue weighted by molar-refractivity contribution is 0.123. The predicted molar refractivity (Wildman–Crippen MR) is 122 cm³/mol. The largest absolute Gasteiger partial charge is 0.328 e. The summed E-state index contributed by atoms with van der Waals surface area (Å²) >= 11 is 2.27. The molecule has 0 bridgehead atoms. The van der Waals surface area contributed by atoms with E-state index in [0.717, 1.165) is 18.4 Å². The zero-order valence-corrected chi connectivity index (χ0v) is 19.0. The van der Waals surface area contributed by atoms with Crippen LogP contribution in [0.25, 0.3) is 0 Å². The topological polar surface area (TPSA) is 49.7 Å². The summed E-state index contributed by atoms with van der Waals surface area (Å²) in [5, 5.41) is 0. The van der Waals surface area contributed by atoms with Crippen molar-refractivity contribution in [3.05, 3.63) is 71.8 Å². The number of unbranched alkanes of at least 4 members (excludes halogenated alkanes) is 5. The number of halogens is 1. The molecule has 0 radical (unpaired) electrons. The van der Waals surface area contributed by atoms with E-state index in [1.165, 1.54) is 37.7 Å². The van der Waals surface area contributed by atoms with Gasteiger partial charge in [-0.1, -0.05) is 106 Å². The van der Waals surface area contributed by atoms with Gasteiger partial charge in [-0.3, -0.25) is 4.52 Å². The minimum atomic E-state index is -2.47. The van der Waals surface area contributed by atoms with E-state index in [0.29, 0.717) is 0 Å². The van der Waals surface area contributed by atoms with Gasteiger partial charge in [0.2, 0.25) is 0 Å². The molecule has 0 saturated heterocycles. The molecule has 0 spiro atoms. The van der Waals surface area contributed by atoms with E-state index >= 15 is 0 Å². The molecule has 0 heterocycles. The second-order valence-corrected chi connectivity index (χ2v) is 9.17. The molecule has 0 aliphatic carbocycles. The monoisotopic (exact) mass is 500 g/mol. The molecule has 2 N–H and O–H groups in total. The maximum Gasteiger partial charge on any atom is 0.328 e. The third kappa shape index (κ3) is 7.10. The van der Waals surface area contributed by atoms with Crippen molar-refractivity contribution in [2.45, 2.75) is 61.4 Å². The molecular formula is C22H30IO3P. The van der Waals surface area contributed by atoms with Crippen LogP contribution in [0.15, 0.2) is 60.7 Å². The van der Waals surface area contributed by atoms with Gasteiger partial charge in [0.1, 0.15) is 0 Å². The molecule has 2 rings (SSSR count). The fourth-order valence-corrected chi connectivity index (χ4v) is 5.51. The van der Waals surface area contributed by atoms with Crippen molar-refractivity contribution in [1.29, 1.82) is 0 Å². The highest BCUT2D eigenvalue weighted by molar-refractivity contribution is 14.1.